The summed E-state index contributed by atoms with van der Waals surface area (Å²) in [6, 6.07) is 10.2. The number of ether oxygens (including phenoxy) is 1. The Kier molecular flexibility index (Phi) is 5.11. The molecule has 0 N–H and O–H groups in total. The Bertz CT molecular complexity index is 776. The molecule has 27 heavy (non-hydrogen) atoms. The molecule has 1 aromatic carbocycles. The van der Waals surface area contributed by atoms with Gasteiger partial charge in [-0.15, -0.1) is 5.10 Å². The summed E-state index contributed by atoms with van der Waals surface area (Å²) in [7, 11) is 3.71. The van der Waals surface area contributed by atoms with E-state index >= 15 is 0 Å². The second kappa shape index (κ2) is 7.68. The van der Waals surface area contributed by atoms with Gasteiger partial charge in [0.05, 0.1) is 18.7 Å². The fraction of sp³-hybridized carbons (Fsp3) is 0.550. The molecule has 4 heterocycles. The molecule has 3 aliphatic rings. The van der Waals surface area contributed by atoms with Gasteiger partial charge >= 0.3 is 0 Å². The van der Waals surface area contributed by atoms with Crippen LogP contribution in [0.4, 0.5) is 0 Å². The van der Waals surface area contributed by atoms with Crippen molar-refractivity contribution in [3.05, 3.63) is 42.2 Å². The predicted molar refractivity (Wildman–Crippen MR) is 101 cm³/mol. The van der Waals surface area contributed by atoms with Crippen molar-refractivity contribution in [1.29, 1.82) is 0 Å². The van der Waals surface area contributed by atoms with Crippen LogP contribution in [0.25, 0.3) is 0 Å². The molecule has 3 aliphatic heterocycles. The van der Waals surface area contributed by atoms with Gasteiger partial charge in [-0.3, -0.25) is 14.4 Å². The number of hydrogen-bond acceptors (Lipinski definition) is 5. The fourth-order valence-corrected chi connectivity index (χ4v) is 4.32. The number of nitrogens with zero attached hydrogens (tertiary/aromatic N) is 5. The van der Waals surface area contributed by atoms with Crippen LogP contribution >= 0.6 is 0 Å². The zero-order valence-electron chi connectivity index (χ0n) is 16.0. The van der Waals surface area contributed by atoms with E-state index in [-0.39, 0.29) is 11.8 Å². The zero-order valence-corrected chi connectivity index (χ0v) is 16.0. The van der Waals surface area contributed by atoms with Crippen molar-refractivity contribution in [3.63, 3.8) is 0 Å². The van der Waals surface area contributed by atoms with E-state index in [0.717, 1.165) is 43.9 Å². The van der Waals surface area contributed by atoms with Gasteiger partial charge in [0.2, 0.25) is 5.91 Å². The molecule has 0 aliphatic carbocycles. The average molecular weight is 369 g/mol. The van der Waals surface area contributed by atoms with E-state index in [0.29, 0.717) is 18.6 Å². The molecule has 7 heteroatoms. The first-order valence-electron chi connectivity index (χ1n) is 9.62. The van der Waals surface area contributed by atoms with Crippen molar-refractivity contribution >= 4 is 5.91 Å². The van der Waals surface area contributed by atoms with Crippen LogP contribution in [0.2, 0.25) is 0 Å². The van der Waals surface area contributed by atoms with Crippen LogP contribution in [-0.2, 0) is 17.9 Å². The van der Waals surface area contributed by atoms with Crippen LogP contribution in [0.5, 0.6) is 5.75 Å². The lowest BCUT2D eigenvalue weighted by Crippen LogP contribution is -2.57. The van der Waals surface area contributed by atoms with Crippen LogP contribution < -0.4 is 4.74 Å². The molecule has 1 amide bonds. The highest BCUT2D eigenvalue weighted by atomic mass is 16.5. The number of amides is 1. The maximum atomic E-state index is 12.4. The van der Waals surface area contributed by atoms with Crippen LogP contribution in [-0.4, -0.2) is 63.9 Å². The van der Waals surface area contributed by atoms with Crippen molar-refractivity contribution in [2.75, 3.05) is 27.2 Å². The number of para-hydroxylation sites is 1. The van der Waals surface area contributed by atoms with Crippen molar-refractivity contribution < 1.29 is 9.53 Å². The van der Waals surface area contributed by atoms with Gasteiger partial charge in [-0.25, -0.2) is 0 Å². The Balaban J connectivity index is 1.33. The number of piperidine rings is 3. The minimum absolute atomic E-state index is 0.149. The van der Waals surface area contributed by atoms with E-state index in [1.54, 1.807) is 4.90 Å². The quantitative estimate of drug-likeness (QED) is 0.775. The van der Waals surface area contributed by atoms with Gasteiger partial charge in [-0.1, -0.05) is 23.4 Å². The Labute approximate surface area is 159 Å². The number of hydrogen-bond donors (Lipinski definition) is 0. The highest BCUT2D eigenvalue weighted by Gasteiger charge is 2.43. The van der Waals surface area contributed by atoms with Crippen LogP contribution in [0.15, 0.2) is 36.5 Å². The Morgan fingerprint density at radius 2 is 2.11 bits per heavy atom. The topological polar surface area (TPSA) is 63.5 Å². The number of benzene rings is 1. The highest BCUT2D eigenvalue weighted by Crippen LogP contribution is 2.37. The molecular formula is C20H27N5O2. The largest absolute Gasteiger partial charge is 0.487 e. The second-order valence-electron chi connectivity index (χ2n) is 7.81. The van der Waals surface area contributed by atoms with Gasteiger partial charge in [0.25, 0.3) is 0 Å². The SMILES string of the molecule is CN(C)C(=O)[C@@H]1CN2CC[C@@H]1C[C@@H]2Cn1cc(COc2ccccc2)nn1. The third kappa shape index (κ3) is 3.98. The molecule has 5 rings (SSSR count). The standard InChI is InChI=1S/C20H27N5O2/c1-23(2)20(26)19-13-24-9-8-15(19)10-17(24)12-25-11-16(21-22-25)14-27-18-6-4-3-5-7-18/h3-7,11,15,17,19H,8-10,12-14H2,1-2H3/t15-,17-,19-/m1/s1. The van der Waals surface area contributed by atoms with Crippen LogP contribution in [0, 0.1) is 11.8 Å². The first-order chi connectivity index (χ1) is 13.1. The summed E-state index contributed by atoms with van der Waals surface area (Å²) in [5.74, 6) is 1.73. The Morgan fingerprint density at radius 1 is 1.30 bits per heavy atom. The number of carbonyl (C=O) groups excluding carboxylic acids is 1. The monoisotopic (exact) mass is 369 g/mol. The number of carbonyl (C=O) groups is 1. The maximum Gasteiger partial charge on any atom is 0.226 e. The molecule has 3 saturated heterocycles. The molecule has 2 aromatic rings. The summed E-state index contributed by atoms with van der Waals surface area (Å²) in [6.07, 6.45) is 4.14. The normalized spacial score (nSPS) is 26.7. The smallest absolute Gasteiger partial charge is 0.226 e. The van der Waals surface area contributed by atoms with E-state index < -0.39 is 0 Å². The molecule has 0 saturated carbocycles. The zero-order chi connectivity index (χ0) is 18.8. The molecule has 3 fully saturated rings. The molecule has 2 bridgehead atoms. The molecule has 0 radical (unpaired) electrons. The van der Waals surface area contributed by atoms with E-state index in [1.807, 2.05) is 55.3 Å². The summed E-state index contributed by atoms with van der Waals surface area (Å²) in [4.78, 5) is 16.6. The Morgan fingerprint density at radius 3 is 2.81 bits per heavy atom. The van der Waals surface area contributed by atoms with Gasteiger partial charge in [0, 0.05) is 26.7 Å². The number of rotatable bonds is 6. The van der Waals surface area contributed by atoms with Crippen molar-refractivity contribution in [1.82, 2.24) is 24.8 Å². The molecule has 4 atom stereocenters. The Hall–Kier alpha value is -2.41. The lowest BCUT2D eigenvalue weighted by Gasteiger charge is -2.49. The predicted octanol–water partition coefficient (Wildman–Crippen LogP) is 1.66. The van der Waals surface area contributed by atoms with E-state index in [1.165, 1.54) is 0 Å². The maximum absolute atomic E-state index is 12.4. The van der Waals surface area contributed by atoms with Crippen LogP contribution in [0.1, 0.15) is 18.5 Å². The van der Waals surface area contributed by atoms with E-state index in [4.69, 9.17) is 4.74 Å². The lowest BCUT2D eigenvalue weighted by atomic mass is 9.75. The van der Waals surface area contributed by atoms with E-state index in [2.05, 4.69) is 15.2 Å². The molecule has 1 unspecified atom stereocenters. The molecular weight excluding hydrogens is 342 g/mol. The van der Waals surface area contributed by atoms with Gasteiger partial charge < -0.3 is 9.64 Å². The molecule has 1 aromatic heterocycles. The first-order valence-corrected chi connectivity index (χ1v) is 9.62. The van der Waals surface area contributed by atoms with E-state index in [9.17, 15) is 4.79 Å². The molecule has 144 valence electrons. The average Bonchev–Trinajstić information content (AvgIpc) is 3.14. The summed E-state index contributed by atoms with van der Waals surface area (Å²) < 4.78 is 7.65. The van der Waals surface area contributed by atoms with Crippen molar-refractivity contribution in [3.8, 4) is 5.75 Å². The second-order valence-corrected chi connectivity index (χ2v) is 7.81. The first kappa shape index (κ1) is 18.0. The van der Waals surface area contributed by atoms with Gasteiger partial charge in [-0.05, 0) is 37.4 Å². The number of aromatic nitrogens is 3. The molecule has 0 spiro atoms. The lowest BCUT2D eigenvalue weighted by molar-refractivity contribution is -0.141. The van der Waals surface area contributed by atoms with Crippen molar-refractivity contribution in [2.45, 2.75) is 32.0 Å². The van der Waals surface area contributed by atoms with Crippen molar-refractivity contribution in [2.24, 2.45) is 11.8 Å². The van der Waals surface area contributed by atoms with Gasteiger partial charge in [0.15, 0.2) is 0 Å². The number of fused-ring (bicyclic) bond motifs is 3. The summed E-state index contributed by atoms with van der Waals surface area (Å²) in [6.45, 7) is 3.17. The third-order valence-corrected chi connectivity index (χ3v) is 5.75. The summed E-state index contributed by atoms with van der Waals surface area (Å²) in [5.41, 5.74) is 0.829. The third-order valence-electron chi connectivity index (χ3n) is 5.75. The highest BCUT2D eigenvalue weighted by molar-refractivity contribution is 5.79. The van der Waals surface area contributed by atoms with Crippen LogP contribution in [0.3, 0.4) is 0 Å². The van der Waals surface area contributed by atoms with Gasteiger partial charge in [0.1, 0.15) is 18.1 Å². The fourth-order valence-electron chi connectivity index (χ4n) is 4.32. The molecule has 7 nitrogen and oxygen atoms in total. The minimum atomic E-state index is 0.149. The van der Waals surface area contributed by atoms with Gasteiger partial charge in [-0.2, -0.15) is 0 Å². The minimum Gasteiger partial charge on any atom is -0.487 e. The summed E-state index contributed by atoms with van der Waals surface area (Å²) >= 11 is 0. The summed E-state index contributed by atoms with van der Waals surface area (Å²) in [5, 5.41) is 8.51.